The van der Waals surface area contributed by atoms with Gasteiger partial charge >= 0.3 is 6.18 Å². The number of nitrogens with zero attached hydrogens (tertiary/aromatic N) is 3. The zero-order valence-electron chi connectivity index (χ0n) is 12.7. The van der Waals surface area contributed by atoms with Crippen LogP contribution in [-0.2, 0) is 6.18 Å². The Morgan fingerprint density at radius 1 is 1.38 bits per heavy atom. The molecule has 0 spiro atoms. The van der Waals surface area contributed by atoms with Crippen LogP contribution in [0, 0.1) is 0 Å². The minimum absolute atomic E-state index is 0.0110. The van der Waals surface area contributed by atoms with Crippen molar-refractivity contribution in [2.45, 2.75) is 24.9 Å². The predicted molar refractivity (Wildman–Crippen MR) is 80.5 cm³/mol. The van der Waals surface area contributed by atoms with Gasteiger partial charge in [-0.1, -0.05) is 0 Å². The molecule has 2 aromatic heterocycles. The van der Waals surface area contributed by atoms with Gasteiger partial charge in [0.2, 0.25) is 0 Å². The van der Waals surface area contributed by atoms with Crippen LogP contribution in [0.5, 0.6) is 0 Å². The number of nitrogens with two attached hydrogens (primary N) is 1. The quantitative estimate of drug-likeness (QED) is 0.898. The maximum absolute atomic E-state index is 13.0. The Morgan fingerprint density at radius 2 is 2.17 bits per heavy atom. The number of imidazole rings is 1. The molecule has 24 heavy (non-hydrogen) atoms. The van der Waals surface area contributed by atoms with E-state index in [9.17, 15) is 18.0 Å². The third-order valence-corrected chi connectivity index (χ3v) is 4.06. The number of H-pyrrole nitrogens is 1. The molecule has 1 aliphatic rings. The van der Waals surface area contributed by atoms with Crippen LogP contribution in [-0.4, -0.2) is 33.9 Å². The molecule has 128 valence electrons. The Bertz CT molecular complexity index is 729. The van der Waals surface area contributed by atoms with E-state index in [1.54, 1.807) is 17.3 Å². The lowest BCUT2D eigenvalue weighted by molar-refractivity contribution is -0.141. The van der Waals surface area contributed by atoms with Crippen LogP contribution in [0.4, 0.5) is 19.0 Å². The number of alkyl halides is 3. The molecule has 3 N–H and O–H groups in total. The molecular weight excluding hydrogens is 323 g/mol. The first-order valence-corrected chi connectivity index (χ1v) is 7.48. The molecule has 0 unspecified atom stereocenters. The van der Waals surface area contributed by atoms with Crippen molar-refractivity contribution < 1.29 is 18.0 Å². The van der Waals surface area contributed by atoms with E-state index in [0.29, 0.717) is 13.1 Å². The largest absolute Gasteiger partial charge is 0.433 e. The summed E-state index contributed by atoms with van der Waals surface area (Å²) in [6.45, 7) is 0.925. The van der Waals surface area contributed by atoms with Crippen molar-refractivity contribution in [3.63, 3.8) is 0 Å². The first-order valence-electron chi connectivity index (χ1n) is 7.48. The van der Waals surface area contributed by atoms with Crippen LogP contribution >= 0.6 is 0 Å². The molecule has 1 atom stereocenters. The first-order chi connectivity index (χ1) is 11.4. The lowest BCUT2D eigenvalue weighted by atomic mass is 9.97. The first kappa shape index (κ1) is 16.3. The Hall–Kier alpha value is -2.58. The number of hydrogen-bond acceptors (Lipinski definition) is 4. The normalized spacial score (nSPS) is 18.6. The standard InChI is InChI=1S/C15H16F3N5O/c16-15(17,18)11-4-3-10(12(19)24)14(22-11)23-7-1-2-9(8-23)13-20-5-6-21-13/h3-6,9H,1-2,7-8H2,(H2,19,24)(H,20,21)/t9-/m0/s1. The number of aromatic nitrogens is 3. The van der Waals surface area contributed by atoms with Crippen LogP contribution in [0.1, 0.15) is 40.6 Å². The van der Waals surface area contributed by atoms with E-state index < -0.39 is 17.8 Å². The van der Waals surface area contributed by atoms with Crippen molar-refractivity contribution in [1.29, 1.82) is 0 Å². The van der Waals surface area contributed by atoms with Gasteiger partial charge in [-0.25, -0.2) is 9.97 Å². The van der Waals surface area contributed by atoms with E-state index in [1.807, 2.05) is 0 Å². The fraction of sp³-hybridized carbons (Fsp3) is 0.400. The molecule has 1 amide bonds. The number of anilines is 1. The van der Waals surface area contributed by atoms with Gasteiger partial charge in [0, 0.05) is 31.4 Å². The van der Waals surface area contributed by atoms with Crippen molar-refractivity contribution in [3.05, 3.63) is 41.6 Å². The van der Waals surface area contributed by atoms with E-state index >= 15 is 0 Å². The van der Waals surface area contributed by atoms with E-state index in [2.05, 4.69) is 15.0 Å². The van der Waals surface area contributed by atoms with E-state index in [-0.39, 0.29) is 17.3 Å². The molecule has 0 aliphatic carbocycles. The van der Waals surface area contributed by atoms with Crippen molar-refractivity contribution in [3.8, 4) is 0 Å². The van der Waals surface area contributed by atoms with Gasteiger partial charge in [0.05, 0.1) is 5.56 Å². The van der Waals surface area contributed by atoms with Crippen molar-refractivity contribution >= 4 is 11.7 Å². The smallest absolute Gasteiger partial charge is 0.365 e. The zero-order chi connectivity index (χ0) is 17.3. The van der Waals surface area contributed by atoms with Crippen LogP contribution < -0.4 is 10.6 Å². The van der Waals surface area contributed by atoms with E-state index in [0.717, 1.165) is 30.8 Å². The summed E-state index contributed by atoms with van der Waals surface area (Å²) in [6.07, 6.45) is 0.356. The summed E-state index contributed by atoms with van der Waals surface area (Å²) in [5, 5.41) is 0. The molecule has 3 rings (SSSR count). The zero-order valence-corrected chi connectivity index (χ0v) is 12.7. The predicted octanol–water partition coefficient (Wildman–Crippen LogP) is 2.31. The second-order valence-corrected chi connectivity index (χ2v) is 5.69. The average Bonchev–Trinajstić information content (AvgIpc) is 3.08. The second kappa shape index (κ2) is 6.14. The molecule has 6 nitrogen and oxygen atoms in total. The number of carbonyl (C=O) groups is 1. The molecule has 1 fully saturated rings. The van der Waals surface area contributed by atoms with Crippen molar-refractivity contribution in [2.24, 2.45) is 5.73 Å². The number of halogens is 3. The Kier molecular flexibility index (Phi) is 4.16. The van der Waals surface area contributed by atoms with Gasteiger partial charge < -0.3 is 15.6 Å². The van der Waals surface area contributed by atoms with Gasteiger partial charge in [0.25, 0.3) is 5.91 Å². The number of rotatable bonds is 3. The maximum Gasteiger partial charge on any atom is 0.433 e. The molecule has 9 heteroatoms. The summed E-state index contributed by atoms with van der Waals surface area (Å²) in [5.74, 6) is -0.0157. The molecule has 0 saturated carbocycles. The third kappa shape index (κ3) is 3.19. The third-order valence-electron chi connectivity index (χ3n) is 4.06. The maximum atomic E-state index is 13.0. The highest BCUT2D eigenvalue weighted by Crippen LogP contribution is 2.33. The highest BCUT2D eigenvalue weighted by Gasteiger charge is 2.35. The fourth-order valence-electron chi connectivity index (χ4n) is 2.93. The minimum atomic E-state index is -4.58. The van der Waals surface area contributed by atoms with E-state index in [4.69, 9.17) is 5.73 Å². The molecule has 1 saturated heterocycles. The monoisotopic (exact) mass is 339 g/mol. The Labute approximate surface area is 135 Å². The summed E-state index contributed by atoms with van der Waals surface area (Å²) < 4.78 is 38.9. The van der Waals surface area contributed by atoms with Gasteiger partial charge in [-0.15, -0.1) is 0 Å². The van der Waals surface area contributed by atoms with Crippen molar-refractivity contribution in [1.82, 2.24) is 15.0 Å². The van der Waals surface area contributed by atoms with Crippen LogP contribution in [0.3, 0.4) is 0 Å². The van der Waals surface area contributed by atoms with E-state index in [1.165, 1.54) is 0 Å². The number of primary amides is 1. The molecule has 0 bridgehead atoms. The van der Waals surface area contributed by atoms with Gasteiger partial charge in [-0.3, -0.25) is 4.79 Å². The number of pyridine rings is 1. The topological polar surface area (TPSA) is 87.9 Å². The Balaban J connectivity index is 1.95. The van der Waals surface area contributed by atoms with Crippen LogP contribution in [0.2, 0.25) is 0 Å². The fourth-order valence-corrected chi connectivity index (χ4v) is 2.93. The SMILES string of the molecule is NC(=O)c1ccc(C(F)(F)F)nc1N1CCC[C@H](c2ncc[nH]2)C1. The highest BCUT2D eigenvalue weighted by atomic mass is 19.4. The molecule has 0 radical (unpaired) electrons. The minimum Gasteiger partial charge on any atom is -0.365 e. The molecule has 0 aromatic carbocycles. The van der Waals surface area contributed by atoms with Crippen LogP contribution in [0.25, 0.3) is 0 Å². The Morgan fingerprint density at radius 3 is 2.79 bits per heavy atom. The summed E-state index contributed by atoms with van der Waals surface area (Å²) in [5.41, 5.74) is 4.25. The number of hydrogen-bond donors (Lipinski definition) is 2. The summed E-state index contributed by atoms with van der Waals surface area (Å²) >= 11 is 0. The number of aromatic amines is 1. The lowest BCUT2D eigenvalue weighted by Crippen LogP contribution is -2.37. The molecule has 1 aliphatic heterocycles. The number of piperidine rings is 1. The average molecular weight is 339 g/mol. The summed E-state index contributed by atoms with van der Waals surface area (Å²) in [4.78, 5) is 24.2. The van der Waals surface area contributed by atoms with Gasteiger partial charge in [-0.05, 0) is 25.0 Å². The van der Waals surface area contributed by atoms with Gasteiger partial charge in [0.1, 0.15) is 17.3 Å². The van der Waals surface area contributed by atoms with Gasteiger partial charge in [-0.2, -0.15) is 13.2 Å². The summed E-state index contributed by atoms with van der Waals surface area (Å²) in [6, 6.07) is 1.86. The second-order valence-electron chi connectivity index (χ2n) is 5.69. The number of amides is 1. The highest BCUT2D eigenvalue weighted by molar-refractivity contribution is 5.97. The van der Waals surface area contributed by atoms with Crippen LogP contribution in [0.15, 0.2) is 24.5 Å². The lowest BCUT2D eigenvalue weighted by Gasteiger charge is -2.33. The van der Waals surface area contributed by atoms with Gasteiger partial charge in [0.15, 0.2) is 0 Å². The number of carbonyl (C=O) groups excluding carboxylic acids is 1. The number of nitrogens with one attached hydrogen (secondary N) is 1. The molecule has 3 heterocycles. The molecule has 2 aromatic rings. The van der Waals surface area contributed by atoms with Crippen molar-refractivity contribution in [2.75, 3.05) is 18.0 Å². The molecular formula is C15H16F3N5O. The summed E-state index contributed by atoms with van der Waals surface area (Å²) in [7, 11) is 0.